The maximum Gasteiger partial charge on any atom is 0.192 e. The van der Waals surface area contributed by atoms with E-state index in [1.165, 1.54) is 0 Å². The lowest BCUT2D eigenvalue weighted by Gasteiger charge is -2.41. The summed E-state index contributed by atoms with van der Waals surface area (Å²) in [7, 11) is -1.76. The molecule has 0 aromatic rings. The third-order valence-corrected chi connectivity index (χ3v) is 8.81. The summed E-state index contributed by atoms with van der Waals surface area (Å²) >= 11 is 0. The van der Waals surface area contributed by atoms with Crippen molar-refractivity contribution in [2.75, 3.05) is 0 Å². The minimum Gasteiger partial charge on any atom is -0.411 e. The predicted octanol–water partition coefficient (Wildman–Crippen LogP) is 2.30. The van der Waals surface area contributed by atoms with Gasteiger partial charge in [-0.25, -0.2) is 0 Å². The number of ether oxygens (including phenoxy) is 1. The van der Waals surface area contributed by atoms with E-state index in [0.717, 1.165) is 12.8 Å². The molecule has 1 saturated heterocycles. The average molecular weight is 244 g/mol. The van der Waals surface area contributed by atoms with Gasteiger partial charge >= 0.3 is 0 Å². The van der Waals surface area contributed by atoms with E-state index in [4.69, 9.17) is 9.16 Å². The second kappa shape index (κ2) is 3.80. The minimum absolute atomic E-state index is 0.00959. The summed E-state index contributed by atoms with van der Waals surface area (Å²) in [5, 5.41) is 10.2. The van der Waals surface area contributed by atoms with Gasteiger partial charge < -0.3 is 14.3 Å². The zero-order valence-electron chi connectivity index (χ0n) is 11.0. The van der Waals surface area contributed by atoms with Crippen molar-refractivity contribution in [3.63, 3.8) is 0 Å². The van der Waals surface area contributed by atoms with E-state index in [2.05, 4.69) is 33.9 Å². The van der Waals surface area contributed by atoms with Gasteiger partial charge in [-0.3, -0.25) is 0 Å². The summed E-state index contributed by atoms with van der Waals surface area (Å²) in [5.41, 5.74) is 0. The number of aliphatic hydroxyl groups excluding tert-OH is 1. The Bertz CT molecular complexity index is 272. The molecule has 0 aromatic carbocycles. The highest BCUT2D eigenvalue weighted by atomic mass is 28.4. The van der Waals surface area contributed by atoms with Gasteiger partial charge in [0, 0.05) is 12.8 Å². The molecule has 2 aliphatic rings. The molecule has 16 heavy (non-hydrogen) atoms. The quantitative estimate of drug-likeness (QED) is 0.598. The van der Waals surface area contributed by atoms with Crippen molar-refractivity contribution in [3.8, 4) is 0 Å². The molecular formula is C12H24O3Si. The maximum atomic E-state index is 10.0. The van der Waals surface area contributed by atoms with Gasteiger partial charge in [-0.1, -0.05) is 20.8 Å². The van der Waals surface area contributed by atoms with Crippen LogP contribution in [0, 0.1) is 0 Å². The van der Waals surface area contributed by atoms with Crippen molar-refractivity contribution < 1.29 is 14.3 Å². The fraction of sp³-hybridized carbons (Fsp3) is 1.00. The molecule has 1 aliphatic carbocycles. The summed E-state index contributed by atoms with van der Waals surface area (Å²) in [6.07, 6.45) is 1.96. The Balaban J connectivity index is 1.98. The first kappa shape index (κ1) is 12.6. The number of rotatable bonds is 2. The lowest BCUT2D eigenvalue weighted by molar-refractivity contribution is 0.00762. The van der Waals surface area contributed by atoms with Crippen molar-refractivity contribution in [3.05, 3.63) is 0 Å². The van der Waals surface area contributed by atoms with Gasteiger partial charge in [0.05, 0.1) is 24.4 Å². The van der Waals surface area contributed by atoms with Gasteiger partial charge in [-0.2, -0.15) is 0 Å². The first-order valence-electron chi connectivity index (χ1n) is 6.22. The van der Waals surface area contributed by atoms with E-state index in [0.29, 0.717) is 12.2 Å². The molecule has 1 aliphatic heterocycles. The van der Waals surface area contributed by atoms with E-state index in [1.807, 2.05) is 0 Å². The van der Waals surface area contributed by atoms with Crippen LogP contribution in [0.1, 0.15) is 33.6 Å². The van der Waals surface area contributed by atoms with Gasteiger partial charge in [0.2, 0.25) is 0 Å². The molecule has 0 bridgehead atoms. The largest absolute Gasteiger partial charge is 0.411 e. The van der Waals surface area contributed by atoms with E-state index < -0.39 is 8.32 Å². The first-order valence-corrected chi connectivity index (χ1v) is 9.13. The monoisotopic (exact) mass is 244 g/mol. The molecule has 0 amide bonds. The van der Waals surface area contributed by atoms with Gasteiger partial charge in [-0.05, 0) is 18.1 Å². The molecule has 4 atom stereocenters. The topological polar surface area (TPSA) is 42.0 Å². The molecule has 0 radical (unpaired) electrons. The molecule has 1 saturated carbocycles. The molecule has 0 aromatic heterocycles. The smallest absolute Gasteiger partial charge is 0.192 e. The molecule has 0 spiro atoms. The van der Waals surface area contributed by atoms with Crippen molar-refractivity contribution in [2.24, 2.45) is 0 Å². The Labute approximate surface area is 99.3 Å². The van der Waals surface area contributed by atoms with Crippen molar-refractivity contribution in [2.45, 2.75) is 76.2 Å². The highest BCUT2D eigenvalue weighted by Crippen LogP contribution is 2.42. The van der Waals surface area contributed by atoms with Crippen LogP contribution in [0.15, 0.2) is 0 Å². The second-order valence-corrected chi connectivity index (χ2v) is 11.4. The summed E-state index contributed by atoms with van der Waals surface area (Å²) in [4.78, 5) is 0. The predicted molar refractivity (Wildman–Crippen MR) is 66.0 cm³/mol. The van der Waals surface area contributed by atoms with Crippen molar-refractivity contribution in [1.29, 1.82) is 0 Å². The van der Waals surface area contributed by atoms with Gasteiger partial charge in [0.1, 0.15) is 0 Å². The molecule has 2 fully saturated rings. The first-order chi connectivity index (χ1) is 7.21. The highest BCUT2D eigenvalue weighted by Gasteiger charge is 2.50. The Morgan fingerprint density at radius 2 is 1.75 bits per heavy atom. The second-order valence-electron chi connectivity index (χ2n) is 6.67. The molecular weight excluding hydrogens is 220 g/mol. The standard InChI is InChI=1S/C12H24O3Si/c1-12(2,3)16(4,5)15-9-7-11-10(14-11)6-8(9)13/h8-11,13H,6-7H2,1-5H3/t8-,9+,10+,11-/m1/s1. The lowest BCUT2D eigenvalue weighted by atomic mass is 9.95. The highest BCUT2D eigenvalue weighted by molar-refractivity contribution is 6.74. The number of aliphatic hydroxyl groups is 1. The van der Waals surface area contributed by atoms with Crippen LogP contribution in [0.4, 0.5) is 0 Å². The number of hydrogen-bond donors (Lipinski definition) is 1. The fourth-order valence-electron chi connectivity index (χ4n) is 2.05. The Kier molecular flexibility index (Phi) is 2.98. The van der Waals surface area contributed by atoms with Crippen LogP contribution in [0.3, 0.4) is 0 Å². The Morgan fingerprint density at radius 3 is 2.31 bits per heavy atom. The lowest BCUT2D eigenvalue weighted by Crippen LogP contribution is -2.48. The number of hydrogen-bond acceptors (Lipinski definition) is 3. The Morgan fingerprint density at radius 1 is 1.19 bits per heavy atom. The van der Waals surface area contributed by atoms with Crippen LogP contribution in [0.25, 0.3) is 0 Å². The SMILES string of the molecule is CC(C)(C)[Si](C)(C)O[C@H]1C[C@H]2O[C@H]2C[C@H]1O. The van der Waals surface area contributed by atoms with Crippen LogP contribution < -0.4 is 0 Å². The third kappa shape index (κ3) is 2.35. The molecule has 4 heteroatoms. The molecule has 1 N–H and O–H groups in total. The van der Waals surface area contributed by atoms with Crippen LogP contribution in [-0.2, 0) is 9.16 Å². The molecule has 94 valence electrons. The van der Waals surface area contributed by atoms with Crippen LogP contribution in [-0.4, -0.2) is 37.8 Å². The van der Waals surface area contributed by atoms with Crippen LogP contribution >= 0.6 is 0 Å². The average Bonchev–Trinajstić information content (AvgIpc) is 2.80. The van der Waals surface area contributed by atoms with Gasteiger partial charge in [0.25, 0.3) is 0 Å². The Hall–Kier alpha value is 0.0969. The zero-order valence-corrected chi connectivity index (χ0v) is 12.0. The van der Waals surface area contributed by atoms with Gasteiger partial charge in [0.15, 0.2) is 8.32 Å². The van der Waals surface area contributed by atoms with Crippen molar-refractivity contribution in [1.82, 2.24) is 0 Å². The van der Waals surface area contributed by atoms with Crippen LogP contribution in [0.2, 0.25) is 18.1 Å². The molecule has 3 nitrogen and oxygen atoms in total. The number of epoxide rings is 1. The molecule has 2 rings (SSSR count). The maximum absolute atomic E-state index is 10.0. The summed E-state index contributed by atoms with van der Waals surface area (Å²) in [5.74, 6) is 0. The van der Waals surface area contributed by atoms with E-state index in [-0.39, 0.29) is 17.2 Å². The summed E-state index contributed by atoms with van der Waals surface area (Å²) < 4.78 is 11.7. The van der Waals surface area contributed by atoms with E-state index >= 15 is 0 Å². The van der Waals surface area contributed by atoms with E-state index in [9.17, 15) is 5.11 Å². The fourth-order valence-corrected chi connectivity index (χ4v) is 3.42. The van der Waals surface area contributed by atoms with Crippen LogP contribution in [0.5, 0.6) is 0 Å². The summed E-state index contributed by atoms with van der Waals surface area (Å²) in [6.45, 7) is 11.2. The van der Waals surface area contributed by atoms with Gasteiger partial charge in [-0.15, -0.1) is 0 Å². The third-order valence-electron chi connectivity index (χ3n) is 4.31. The van der Waals surface area contributed by atoms with Crippen molar-refractivity contribution >= 4 is 8.32 Å². The minimum atomic E-state index is -1.76. The number of fused-ring (bicyclic) bond motifs is 1. The molecule has 0 unspecified atom stereocenters. The molecule has 1 heterocycles. The van der Waals surface area contributed by atoms with E-state index in [1.54, 1.807) is 0 Å². The zero-order chi connectivity index (χ0) is 12.1. The summed E-state index contributed by atoms with van der Waals surface area (Å²) in [6, 6.07) is 0. The normalized spacial score (nSPS) is 39.4.